The number of nitrogens with one attached hydrogen (secondary N) is 1. The lowest BCUT2D eigenvalue weighted by atomic mass is 10.0. The molecule has 0 aliphatic carbocycles. The number of furan rings is 1. The standard InChI is InChI=1S/C13H17N3O/c1-10(13-3-2-6-17-13)16-9-15-8-12(16)11-4-5-14-7-11/h2-3,6,8-11,14H,4-5,7H2,1H3. The second-order valence-corrected chi connectivity index (χ2v) is 4.61. The van der Waals surface area contributed by atoms with E-state index < -0.39 is 0 Å². The van der Waals surface area contributed by atoms with Crippen LogP contribution in [0.15, 0.2) is 35.3 Å². The predicted molar refractivity (Wildman–Crippen MR) is 65.0 cm³/mol. The van der Waals surface area contributed by atoms with Crippen LogP contribution in [-0.2, 0) is 0 Å². The van der Waals surface area contributed by atoms with Gasteiger partial charge in [0.25, 0.3) is 0 Å². The molecule has 3 rings (SSSR count). The first-order valence-corrected chi connectivity index (χ1v) is 6.12. The molecule has 1 fully saturated rings. The molecule has 3 heterocycles. The molecule has 0 bridgehead atoms. The van der Waals surface area contributed by atoms with Gasteiger partial charge in [-0.25, -0.2) is 4.98 Å². The van der Waals surface area contributed by atoms with Crippen LogP contribution in [0.3, 0.4) is 0 Å². The first kappa shape index (κ1) is 10.6. The van der Waals surface area contributed by atoms with Crippen molar-refractivity contribution in [2.75, 3.05) is 13.1 Å². The Morgan fingerprint density at radius 1 is 1.59 bits per heavy atom. The van der Waals surface area contributed by atoms with Gasteiger partial charge in [-0.15, -0.1) is 0 Å². The number of hydrogen-bond donors (Lipinski definition) is 1. The molecule has 0 aromatic carbocycles. The van der Waals surface area contributed by atoms with Crippen LogP contribution < -0.4 is 5.32 Å². The minimum Gasteiger partial charge on any atom is -0.467 e. The van der Waals surface area contributed by atoms with E-state index in [4.69, 9.17) is 4.42 Å². The average Bonchev–Trinajstić information content (AvgIpc) is 3.09. The third-order valence-corrected chi connectivity index (χ3v) is 3.55. The van der Waals surface area contributed by atoms with Crippen molar-refractivity contribution in [3.8, 4) is 0 Å². The molecule has 0 spiro atoms. The van der Waals surface area contributed by atoms with E-state index in [2.05, 4.69) is 21.8 Å². The maximum absolute atomic E-state index is 5.47. The topological polar surface area (TPSA) is 43.0 Å². The van der Waals surface area contributed by atoms with E-state index in [0.29, 0.717) is 5.92 Å². The maximum Gasteiger partial charge on any atom is 0.126 e. The number of rotatable bonds is 3. The molecular formula is C13H17N3O. The Kier molecular flexibility index (Phi) is 2.73. The van der Waals surface area contributed by atoms with Crippen molar-refractivity contribution in [2.45, 2.75) is 25.3 Å². The van der Waals surface area contributed by atoms with Gasteiger partial charge in [-0.05, 0) is 32.0 Å². The van der Waals surface area contributed by atoms with Crippen LogP contribution in [-0.4, -0.2) is 22.6 Å². The van der Waals surface area contributed by atoms with Crippen LogP contribution in [0, 0.1) is 0 Å². The Labute approximate surface area is 101 Å². The van der Waals surface area contributed by atoms with Crippen molar-refractivity contribution in [3.05, 3.63) is 42.4 Å². The zero-order valence-electron chi connectivity index (χ0n) is 9.97. The molecule has 2 atom stereocenters. The summed E-state index contributed by atoms with van der Waals surface area (Å²) in [6, 6.07) is 4.16. The van der Waals surface area contributed by atoms with Gasteiger partial charge in [0.05, 0.1) is 18.6 Å². The maximum atomic E-state index is 5.47. The lowest BCUT2D eigenvalue weighted by Gasteiger charge is -2.17. The summed E-state index contributed by atoms with van der Waals surface area (Å²) < 4.78 is 7.69. The minimum atomic E-state index is 0.211. The molecule has 1 aliphatic heterocycles. The molecule has 1 aliphatic rings. The van der Waals surface area contributed by atoms with Gasteiger partial charge in [0.2, 0.25) is 0 Å². The summed E-state index contributed by atoms with van der Waals surface area (Å²) in [6.45, 7) is 4.30. The number of nitrogens with zero attached hydrogens (tertiary/aromatic N) is 2. The Morgan fingerprint density at radius 2 is 2.53 bits per heavy atom. The van der Waals surface area contributed by atoms with Gasteiger partial charge in [-0.1, -0.05) is 0 Å². The Balaban J connectivity index is 1.90. The second-order valence-electron chi connectivity index (χ2n) is 4.61. The summed E-state index contributed by atoms with van der Waals surface area (Å²) in [7, 11) is 0. The van der Waals surface area contributed by atoms with Gasteiger partial charge >= 0.3 is 0 Å². The number of hydrogen-bond acceptors (Lipinski definition) is 3. The largest absolute Gasteiger partial charge is 0.467 e. The van der Waals surface area contributed by atoms with Crippen LogP contribution in [0.5, 0.6) is 0 Å². The van der Waals surface area contributed by atoms with Gasteiger partial charge in [0, 0.05) is 24.4 Å². The molecule has 1 saturated heterocycles. The Hall–Kier alpha value is -1.55. The van der Waals surface area contributed by atoms with E-state index in [1.807, 2.05) is 24.7 Å². The molecule has 0 amide bonds. The summed E-state index contributed by atoms with van der Waals surface area (Å²) in [6.07, 6.45) is 6.80. The van der Waals surface area contributed by atoms with Crippen LogP contribution in [0.2, 0.25) is 0 Å². The highest BCUT2D eigenvalue weighted by molar-refractivity contribution is 5.14. The summed E-state index contributed by atoms with van der Waals surface area (Å²) in [4.78, 5) is 4.29. The molecular weight excluding hydrogens is 214 g/mol. The van der Waals surface area contributed by atoms with Crippen molar-refractivity contribution in [3.63, 3.8) is 0 Å². The quantitative estimate of drug-likeness (QED) is 0.880. The molecule has 4 nitrogen and oxygen atoms in total. The van der Waals surface area contributed by atoms with Crippen LogP contribution in [0.4, 0.5) is 0 Å². The van der Waals surface area contributed by atoms with E-state index in [-0.39, 0.29) is 6.04 Å². The van der Waals surface area contributed by atoms with Crippen molar-refractivity contribution in [1.29, 1.82) is 0 Å². The Bertz CT molecular complexity index is 469. The lowest BCUT2D eigenvalue weighted by molar-refractivity contribution is 0.435. The molecule has 0 radical (unpaired) electrons. The molecule has 2 aromatic heterocycles. The van der Waals surface area contributed by atoms with Gasteiger partial charge in [-0.2, -0.15) is 0 Å². The second kappa shape index (κ2) is 4.37. The van der Waals surface area contributed by atoms with Crippen LogP contribution in [0.25, 0.3) is 0 Å². The van der Waals surface area contributed by atoms with Crippen molar-refractivity contribution in [2.24, 2.45) is 0 Å². The smallest absolute Gasteiger partial charge is 0.126 e. The first-order chi connectivity index (χ1) is 8.36. The molecule has 4 heteroatoms. The molecule has 17 heavy (non-hydrogen) atoms. The molecule has 2 unspecified atom stereocenters. The summed E-state index contributed by atoms with van der Waals surface area (Å²) >= 11 is 0. The SMILES string of the molecule is CC(c1ccco1)n1cncc1C1CCNC1. The van der Waals surface area contributed by atoms with E-state index >= 15 is 0 Å². The monoisotopic (exact) mass is 231 g/mol. The fourth-order valence-corrected chi connectivity index (χ4v) is 2.53. The molecule has 90 valence electrons. The highest BCUT2D eigenvalue weighted by Gasteiger charge is 2.23. The van der Waals surface area contributed by atoms with Crippen LogP contribution in [0.1, 0.15) is 36.8 Å². The normalized spacial score (nSPS) is 21.8. The fraction of sp³-hybridized carbons (Fsp3) is 0.462. The average molecular weight is 231 g/mol. The summed E-state index contributed by atoms with van der Waals surface area (Å²) in [5, 5.41) is 3.40. The van der Waals surface area contributed by atoms with Gasteiger partial charge in [0.15, 0.2) is 0 Å². The van der Waals surface area contributed by atoms with E-state index in [1.165, 1.54) is 12.1 Å². The van der Waals surface area contributed by atoms with Gasteiger partial charge in [0.1, 0.15) is 5.76 Å². The van der Waals surface area contributed by atoms with Crippen molar-refractivity contribution >= 4 is 0 Å². The van der Waals surface area contributed by atoms with Crippen molar-refractivity contribution < 1.29 is 4.42 Å². The zero-order chi connectivity index (χ0) is 11.7. The molecule has 2 aromatic rings. The number of aromatic nitrogens is 2. The van der Waals surface area contributed by atoms with E-state index in [1.54, 1.807) is 6.26 Å². The summed E-state index contributed by atoms with van der Waals surface area (Å²) in [5.41, 5.74) is 1.30. The van der Waals surface area contributed by atoms with Crippen LogP contribution >= 0.6 is 0 Å². The fourth-order valence-electron chi connectivity index (χ4n) is 2.53. The van der Waals surface area contributed by atoms with E-state index in [0.717, 1.165) is 18.8 Å². The van der Waals surface area contributed by atoms with E-state index in [9.17, 15) is 0 Å². The summed E-state index contributed by atoms with van der Waals surface area (Å²) in [5.74, 6) is 1.56. The third-order valence-electron chi connectivity index (χ3n) is 3.55. The molecule has 0 saturated carbocycles. The van der Waals surface area contributed by atoms with Gasteiger partial charge < -0.3 is 14.3 Å². The first-order valence-electron chi connectivity index (χ1n) is 6.12. The lowest BCUT2D eigenvalue weighted by Crippen LogP contribution is -2.14. The highest BCUT2D eigenvalue weighted by Crippen LogP contribution is 2.27. The Morgan fingerprint density at radius 3 is 3.24 bits per heavy atom. The minimum absolute atomic E-state index is 0.211. The number of imidazole rings is 1. The van der Waals surface area contributed by atoms with Gasteiger partial charge in [-0.3, -0.25) is 0 Å². The third kappa shape index (κ3) is 1.89. The highest BCUT2D eigenvalue weighted by atomic mass is 16.3. The predicted octanol–water partition coefficient (Wildman–Crippen LogP) is 2.16. The van der Waals surface area contributed by atoms with Crippen molar-refractivity contribution in [1.82, 2.24) is 14.9 Å². The molecule has 1 N–H and O–H groups in total. The zero-order valence-corrected chi connectivity index (χ0v) is 9.97.